The number of Topliss-reactive ketones (excluding diaryl/α,β-unsaturated/α-hetero) is 1. The quantitative estimate of drug-likeness (QED) is 0.420. The molecule has 0 bridgehead atoms. The molecule has 0 aromatic heterocycles. The van der Waals surface area contributed by atoms with Crippen molar-refractivity contribution >= 4 is 17.5 Å². The van der Waals surface area contributed by atoms with Crippen molar-refractivity contribution in [2.24, 2.45) is 11.8 Å². The lowest BCUT2D eigenvalue weighted by Gasteiger charge is -2.38. The van der Waals surface area contributed by atoms with Crippen molar-refractivity contribution in [2.45, 2.75) is 64.0 Å². The van der Waals surface area contributed by atoms with E-state index in [0.717, 1.165) is 50.2 Å². The first-order valence-corrected chi connectivity index (χ1v) is 9.91. The van der Waals surface area contributed by atoms with E-state index >= 15 is 0 Å². The Balaban J connectivity index is 2.03. The maximum Gasteiger partial charge on any atom is 0.328 e. The molecule has 0 amide bonds. The fourth-order valence-electron chi connectivity index (χ4n) is 4.64. The van der Waals surface area contributed by atoms with Gasteiger partial charge in [-0.25, -0.2) is 4.79 Å². The first-order valence-electron chi connectivity index (χ1n) is 9.91. The molecule has 0 saturated heterocycles. The Bertz CT molecular complexity index is 774. The van der Waals surface area contributed by atoms with Crippen molar-refractivity contribution in [3.63, 3.8) is 0 Å². The lowest BCUT2D eigenvalue weighted by atomic mass is 9.68. The normalized spacial score (nSPS) is 29.2. The second kappa shape index (κ2) is 8.31. The van der Waals surface area contributed by atoms with Crippen LogP contribution in [0.15, 0.2) is 34.8 Å². The van der Waals surface area contributed by atoms with Crippen molar-refractivity contribution < 1.29 is 29.7 Å². The average molecular weight is 389 g/mol. The summed E-state index contributed by atoms with van der Waals surface area (Å²) in [6.45, 7) is 1.30. The molecule has 3 aliphatic rings. The Kier molecular flexibility index (Phi) is 6.03. The summed E-state index contributed by atoms with van der Waals surface area (Å²) in [5.74, 6) is -2.49. The number of carboxylic acid groups (broad SMARTS) is 1. The maximum atomic E-state index is 12.6. The Morgan fingerprint density at radius 3 is 2.57 bits per heavy atom. The third-order valence-electron chi connectivity index (χ3n) is 6.07. The molecule has 4 N–H and O–H groups in total. The molecule has 7 heteroatoms. The largest absolute Gasteiger partial charge is 0.506 e. The van der Waals surface area contributed by atoms with Crippen LogP contribution in [0.5, 0.6) is 0 Å². The third-order valence-corrected chi connectivity index (χ3v) is 6.07. The van der Waals surface area contributed by atoms with Gasteiger partial charge in [-0.15, -0.1) is 0 Å². The van der Waals surface area contributed by atoms with Crippen LogP contribution in [0.2, 0.25) is 0 Å². The number of carboxylic acids is 1. The second-order valence-corrected chi connectivity index (χ2v) is 7.97. The van der Waals surface area contributed by atoms with Crippen LogP contribution in [-0.4, -0.2) is 45.0 Å². The van der Waals surface area contributed by atoms with Gasteiger partial charge in [-0.2, -0.15) is 0 Å². The molecule has 4 atom stereocenters. The number of nitrogens with one attached hydrogen (secondary N) is 1. The zero-order valence-electron chi connectivity index (χ0n) is 16.0. The molecule has 0 aliphatic heterocycles. The number of aliphatic hydroxyl groups excluding tert-OH is 2. The summed E-state index contributed by atoms with van der Waals surface area (Å²) in [7, 11) is 0. The Morgan fingerprint density at radius 1 is 1.21 bits per heavy atom. The van der Waals surface area contributed by atoms with E-state index in [-0.39, 0.29) is 11.3 Å². The first kappa shape index (κ1) is 20.3. The molecule has 0 heterocycles. The Morgan fingerprint density at radius 2 is 1.89 bits per heavy atom. The number of carbonyl (C=O) groups excluding carboxylic acids is 2. The van der Waals surface area contributed by atoms with E-state index in [9.17, 15) is 29.7 Å². The van der Waals surface area contributed by atoms with Crippen LogP contribution in [-0.2, 0) is 14.4 Å². The Labute approximate surface area is 163 Å². The highest BCUT2D eigenvalue weighted by Crippen LogP contribution is 2.44. The number of aliphatic hydroxyl groups is 2. The van der Waals surface area contributed by atoms with Crippen LogP contribution in [0.1, 0.15) is 51.9 Å². The Hall–Kier alpha value is -2.41. The van der Waals surface area contributed by atoms with Gasteiger partial charge in [0, 0.05) is 6.08 Å². The topological polar surface area (TPSA) is 124 Å². The first-order chi connectivity index (χ1) is 13.3. The molecule has 2 fully saturated rings. The van der Waals surface area contributed by atoms with E-state index in [1.807, 2.05) is 0 Å². The van der Waals surface area contributed by atoms with Gasteiger partial charge in [-0.05, 0) is 56.9 Å². The summed E-state index contributed by atoms with van der Waals surface area (Å²) in [6, 6.07) is -1.42. The smallest absolute Gasteiger partial charge is 0.328 e. The predicted octanol–water partition coefficient (Wildman–Crippen LogP) is 2.17. The summed E-state index contributed by atoms with van der Waals surface area (Å²) in [6.07, 6.45) is 8.73. The van der Waals surface area contributed by atoms with E-state index in [1.54, 1.807) is 6.08 Å². The molecule has 2 saturated carbocycles. The molecule has 152 valence electrons. The summed E-state index contributed by atoms with van der Waals surface area (Å²) < 4.78 is 0. The number of aliphatic carboxylic acids is 1. The van der Waals surface area contributed by atoms with Crippen LogP contribution in [0.4, 0.5) is 0 Å². The molecule has 2 unspecified atom stereocenters. The maximum absolute atomic E-state index is 12.6. The fraction of sp³-hybridized carbons (Fsp3) is 0.571. The third kappa shape index (κ3) is 4.04. The highest BCUT2D eigenvalue weighted by atomic mass is 16.4. The van der Waals surface area contributed by atoms with Crippen LogP contribution < -0.4 is 5.32 Å². The molecular weight excluding hydrogens is 362 g/mol. The summed E-state index contributed by atoms with van der Waals surface area (Å²) in [4.78, 5) is 36.0. The molecule has 0 aromatic carbocycles. The number of hydrogen-bond donors (Lipinski definition) is 4. The van der Waals surface area contributed by atoms with Gasteiger partial charge < -0.3 is 20.6 Å². The van der Waals surface area contributed by atoms with Crippen molar-refractivity contribution in [1.29, 1.82) is 0 Å². The molecule has 7 nitrogen and oxygen atoms in total. The summed E-state index contributed by atoms with van der Waals surface area (Å²) in [5, 5.41) is 31.9. The molecule has 28 heavy (non-hydrogen) atoms. The number of rotatable bonds is 5. The highest BCUT2D eigenvalue weighted by molar-refractivity contribution is 6.49. The minimum atomic E-state index is -1.42. The van der Waals surface area contributed by atoms with Crippen molar-refractivity contribution in [3.05, 3.63) is 34.8 Å². The summed E-state index contributed by atoms with van der Waals surface area (Å²) in [5.41, 5.74) is 0.964. The zero-order valence-corrected chi connectivity index (χ0v) is 16.0. The van der Waals surface area contributed by atoms with Gasteiger partial charge in [-0.1, -0.05) is 18.4 Å². The van der Waals surface area contributed by atoms with Gasteiger partial charge >= 0.3 is 5.97 Å². The monoisotopic (exact) mass is 389 g/mol. The van der Waals surface area contributed by atoms with Crippen molar-refractivity contribution in [2.75, 3.05) is 0 Å². The minimum Gasteiger partial charge on any atom is -0.506 e. The van der Waals surface area contributed by atoms with Crippen molar-refractivity contribution in [1.82, 2.24) is 5.32 Å². The van der Waals surface area contributed by atoms with Gasteiger partial charge in [0.25, 0.3) is 0 Å². The lowest BCUT2D eigenvalue weighted by Crippen LogP contribution is -2.46. The summed E-state index contributed by atoms with van der Waals surface area (Å²) >= 11 is 0. The van der Waals surface area contributed by atoms with E-state index in [1.165, 1.54) is 13.3 Å². The van der Waals surface area contributed by atoms with Crippen LogP contribution in [0.3, 0.4) is 0 Å². The molecule has 0 spiro atoms. The van der Waals surface area contributed by atoms with Crippen molar-refractivity contribution in [3.8, 4) is 0 Å². The predicted molar refractivity (Wildman–Crippen MR) is 101 cm³/mol. The van der Waals surface area contributed by atoms with Gasteiger partial charge in [0.2, 0.25) is 11.6 Å². The SMILES string of the molecule is C[C@H](O)[C@@H](NC1=C(/C=C2\CCCC3CCCCC23)C(=O)C(=O)C=C1O)C(=O)O. The number of ketones is 2. The van der Waals surface area contributed by atoms with Crippen LogP contribution in [0, 0.1) is 11.8 Å². The molecule has 3 aliphatic carbocycles. The van der Waals surface area contributed by atoms with E-state index in [0.29, 0.717) is 11.8 Å². The van der Waals surface area contributed by atoms with Crippen LogP contribution >= 0.6 is 0 Å². The molecule has 0 aromatic rings. The van der Waals surface area contributed by atoms with Gasteiger partial charge in [0.05, 0.1) is 17.4 Å². The van der Waals surface area contributed by atoms with Crippen LogP contribution in [0.25, 0.3) is 0 Å². The minimum absolute atomic E-state index is 0.0156. The highest BCUT2D eigenvalue weighted by Gasteiger charge is 2.35. The van der Waals surface area contributed by atoms with E-state index in [2.05, 4.69) is 5.32 Å². The average Bonchev–Trinajstić information content (AvgIpc) is 2.65. The fourth-order valence-corrected chi connectivity index (χ4v) is 4.64. The van der Waals surface area contributed by atoms with Gasteiger partial charge in [0.1, 0.15) is 5.76 Å². The van der Waals surface area contributed by atoms with E-state index < -0.39 is 35.4 Å². The lowest BCUT2D eigenvalue weighted by molar-refractivity contribution is -0.141. The second-order valence-electron chi connectivity index (χ2n) is 7.97. The number of hydrogen-bond acceptors (Lipinski definition) is 6. The standard InChI is InChI=1S/C21H27NO6/c1-11(23)18(21(27)28)22-19-15(20(26)17(25)10-16(19)24)9-13-7-4-6-12-5-2-3-8-14(12)13/h9-12,14,18,22-24H,2-8H2,1H3,(H,27,28)/b13-9+/t11-,12?,14?,18+/m0/s1. The number of fused-ring (bicyclic) bond motifs is 1. The van der Waals surface area contributed by atoms with E-state index in [4.69, 9.17) is 0 Å². The van der Waals surface area contributed by atoms with Gasteiger partial charge in [-0.3, -0.25) is 9.59 Å². The number of allylic oxidation sites excluding steroid dienone is 4. The number of carbonyl (C=O) groups is 3. The molecule has 3 rings (SSSR count). The van der Waals surface area contributed by atoms with Gasteiger partial charge in [0.15, 0.2) is 6.04 Å². The molecular formula is C21H27NO6. The zero-order chi connectivity index (χ0) is 20.4. The molecule has 0 radical (unpaired) electrons.